The van der Waals surface area contributed by atoms with Gasteiger partial charge in [0.25, 0.3) is 0 Å². The second kappa shape index (κ2) is 5.85. The van der Waals surface area contributed by atoms with Gasteiger partial charge >= 0.3 is 0 Å². The van der Waals surface area contributed by atoms with Gasteiger partial charge < -0.3 is 9.47 Å². The minimum absolute atomic E-state index is 0.0372. The van der Waals surface area contributed by atoms with Crippen LogP contribution in [-0.2, 0) is 13.5 Å². The summed E-state index contributed by atoms with van der Waals surface area (Å²) in [5, 5.41) is 0. The van der Waals surface area contributed by atoms with Crippen LogP contribution in [0, 0.1) is 0 Å². The third-order valence-electron chi connectivity index (χ3n) is 3.41. The number of aryl methyl sites for hydroxylation is 1. The maximum Gasteiger partial charge on any atom is 0.221 e. The second-order valence-electron chi connectivity index (χ2n) is 5.25. The largest absolute Gasteiger partial charge is 0.357 e. The molecule has 0 bridgehead atoms. The molecule has 1 N–H and O–H groups in total. The van der Waals surface area contributed by atoms with E-state index >= 15 is 0 Å². The maximum atomic E-state index is 12.6. The van der Waals surface area contributed by atoms with Crippen LogP contribution in [0.4, 0.5) is 0 Å². The minimum atomic E-state index is -0.0372. The minimum Gasteiger partial charge on any atom is -0.357 e. The molecule has 0 radical (unpaired) electrons. The number of ketones is 1. The number of carbonyl (C=O) groups excluding carboxylic acids is 1. The lowest BCUT2D eigenvalue weighted by Gasteiger charge is -2.19. The highest BCUT2D eigenvalue weighted by Crippen LogP contribution is 2.08. The number of quaternary nitrogens is 1. The standard InChI is InChI=1S/C16H20N2O/c1-17(2)15(11-13-7-5-4-6-8-13)16(19)14-9-10-18(3)12-14/h4-10,12,15H,11H2,1-3H3/p+1/t15-/m0/s1. The Bertz CT molecular complexity index is 543. The van der Waals surface area contributed by atoms with Crippen LogP contribution >= 0.6 is 0 Å². The van der Waals surface area contributed by atoms with Gasteiger partial charge in [-0.25, -0.2) is 0 Å². The second-order valence-corrected chi connectivity index (χ2v) is 5.25. The van der Waals surface area contributed by atoms with Crippen LogP contribution < -0.4 is 4.90 Å². The van der Waals surface area contributed by atoms with Gasteiger partial charge in [0.2, 0.25) is 5.78 Å². The van der Waals surface area contributed by atoms with Crippen molar-refractivity contribution in [3.05, 3.63) is 59.9 Å². The van der Waals surface area contributed by atoms with Crippen molar-refractivity contribution < 1.29 is 9.69 Å². The van der Waals surface area contributed by atoms with Crippen molar-refractivity contribution in [1.82, 2.24) is 4.57 Å². The van der Waals surface area contributed by atoms with Crippen molar-refractivity contribution >= 4 is 5.78 Å². The molecule has 0 saturated heterocycles. The first-order valence-electron chi connectivity index (χ1n) is 6.58. The van der Waals surface area contributed by atoms with Gasteiger partial charge in [0.05, 0.1) is 14.1 Å². The fourth-order valence-electron chi connectivity index (χ4n) is 2.26. The Morgan fingerprint density at radius 2 is 1.89 bits per heavy atom. The van der Waals surface area contributed by atoms with Crippen molar-refractivity contribution in [2.45, 2.75) is 12.5 Å². The molecule has 0 saturated carbocycles. The molecule has 0 spiro atoms. The molecule has 2 aromatic rings. The predicted octanol–water partition coefficient (Wildman–Crippen LogP) is 0.964. The van der Waals surface area contributed by atoms with Crippen LogP contribution in [0.15, 0.2) is 48.8 Å². The highest BCUT2D eigenvalue weighted by atomic mass is 16.1. The van der Waals surface area contributed by atoms with Gasteiger partial charge in [0.1, 0.15) is 0 Å². The number of Topliss-reactive ketones (excluding diaryl/α,β-unsaturated/α-hetero) is 1. The van der Waals surface area contributed by atoms with Crippen molar-refractivity contribution in [2.75, 3.05) is 14.1 Å². The first-order valence-corrected chi connectivity index (χ1v) is 6.58. The lowest BCUT2D eigenvalue weighted by Crippen LogP contribution is -3.11. The number of rotatable bonds is 5. The Morgan fingerprint density at radius 3 is 2.42 bits per heavy atom. The smallest absolute Gasteiger partial charge is 0.221 e. The Morgan fingerprint density at radius 1 is 1.21 bits per heavy atom. The molecule has 0 fully saturated rings. The van der Waals surface area contributed by atoms with Crippen LogP contribution in [0.25, 0.3) is 0 Å². The average molecular weight is 257 g/mol. The Hall–Kier alpha value is -1.87. The molecule has 0 aliphatic heterocycles. The zero-order valence-electron chi connectivity index (χ0n) is 11.8. The van der Waals surface area contributed by atoms with Crippen LogP contribution in [-0.4, -0.2) is 30.5 Å². The van der Waals surface area contributed by atoms with Crippen LogP contribution in [0.1, 0.15) is 15.9 Å². The van der Waals surface area contributed by atoms with E-state index in [1.54, 1.807) is 0 Å². The van der Waals surface area contributed by atoms with Crippen LogP contribution in [0.3, 0.4) is 0 Å². The van der Waals surface area contributed by atoms with Crippen molar-refractivity contribution in [3.63, 3.8) is 0 Å². The molecular weight excluding hydrogens is 236 g/mol. The highest BCUT2D eigenvalue weighted by Gasteiger charge is 2.26. The van der Waals surface area contributed by atoms with Gasteiger partial charge in [-0.2, -0.15) is 0 Å². The summed E-state index contributed by atoms with van der Waals surface area (Å²) in [6.07, 6.45) is 4.58. The molecule has 1 aromatic heterocycles. The van der Waals surface area contributed by atoms with E-state index < -0.39 is 0 Å². The van der Waals surface area contributed by atoms with E-state index in [1.807, 2.05) is 62.4 Å². The highest BCUT2D eigenvalue weighted by molar-refractivity contribution is 5.99. The van der Waals surface area contributed by atoms with Gasteiger partial charge in [0.15, 0.2) is 6.04 Å². The quantitative estimate of drug-likeness (QED) is 0.794. The van der Waals surface area contributed by atoms with Crippen LogP contribution in [0.2, 0.25) is 0 Å². The van der Waals surface area contributed by atoms with Gasteiger partial charge in [-0.15, -0.1) is 0 Å². The molecule has 0 amide bonds. The van der Waals surface area contributed by atoms with E-state index in [1.165, 1.54) is 5.56 Å². The van der Waals surface area contributed by atoms with Crippen molar-refractivity contribution in [3.8, 4) is 0 Å². The van der Waals surface area contributed by atoms with Gasteiger partial charge in [-0.1, -0.05) is 30.3 Å². The molecular formula is C16H21N2O+. The topological polar surface area (TPSA) is 26.4 Å². The molecule has 2 rings (SSSR count). The Kier molecular flexibility index (Phi) is 4.17. The summed E-state index contributed by atoms with van der Waals surface area (Å²) in [5.41, 5.74) is 2.00. The third kappa shape index (κ3) is 3.32. The van der Waals surface area contributed by atoms with Crippen molar-refractivity contribution in [1.29, 1.82) is 0 Å². The predicted molar refractivity (Wildman–Crippen MR) is 76.5 cm³/mol. The number of likely N-dealkylation sites (N-methyl/N-ethyl adjacent to an activating group) is 1. The summed E-state index contributed by atoms with van der Waals surface area (Å²) in [5.74, 6) is 0.212. The summed E-state index contributed by atoms with van der Waals surface area (Å²) in [6, 6.07) is 12.0. The fourth-order valence-corrected chi connectivity index (χ4v) is 2.26. The number of nitrogens with one attached hydrogen (secondary N) is 1. The first-order chi connectivity index (χ1) is 9.08. The number of benzene rings is 1. The molecule has 3 nitrogen and oxygen atoms in total. The summed E-state index contributed by atoms with van der Waals surface area (Å²) < 4.78 is 1.91. The van der Waals surface area contributed by atoms with E-state index in [-0.39, 0.29) is 11.8 Å². The summed E-state index contributed by atoms with van der Waals surface area (Å²) >= 11 is 0. The SMILES string of the molecule is Cn1ccc(C(=O)[C@H](Cc2ccccc2)[NH+](C)C)c1. The molecule has 1 heterocycles. The lowest BCUT2D eigenvalue weighted by molar-refractivity contribution is -0.874. The number of carbonyl (C=O) groups is 1. The molecule has 3 heteroatoms. The van der Waals surface area contributed by atoms with Crippen molar-refractivity contribution in [2.24, 2.45) is 7.05 Å². The molecule has 19 heavy (non-hydrogen) atoms. The lowest BCUT2D eigenvalue weighted by atomic mass is 9.98. The molecule has 0 aliphatic carbocycles. The molecule has 100 valence electrons. The number of hydrogen-bond donors (Lipinski definition) is 1. The average Bonchev–Trinajstić information content (AvgIpc) is 2.83. The molecule has 0 aliphatic rings. The number of nitrogens with zero attached hydrogens (tertiary/aromatic N) is 1. The zero-order chi connectivity index (χ0) is 13.8. The number of hydrogen-bond acceptors (Lipinski definition) is 1. The van der Waals surface area contributed by atoms with E-state index in [2.05, 4.69) is 12.1 Å². The summed E-state index contributed by atoms with van der Waals surface area (Å²) in [4.78, 5) is 13.7. The molecule has 1 aromatic carbocycles. The molecule has 0 unspecified atom stereocenters. The fraction of sp³-hybridized carbons (Fsp3) is 0.312. The van der Waals surface area contributed by atoms with Gasteiger partial charge in [0, 0.05) is 31.4 Å². The van der Waals surface area contributed by atoms with E-state index in [0.29, 0.717) is 0 Å². The van der Waals surface area contributed by atoms with E-state index in [4.69, 9.17) is 0 Å². The number of aromatic nitrogens is 1. The summed E-state index contributed by atoms with van der Waals surface area (Å²) in [6.45, 7) is 0. The zero-order valence-corrected chi connectivity index (χ0v) is 11.8. The van der Waals surface area contributed by atoms with E-state index in [9.17, 15) is 4.79 Å². The monoisotopic (exact) mass is 257 g/mol. The summed E-state index contributed by atoms with van der Waals surface area (Å²) in [7, 11) is 6.01. The first kappa shape index (κ1) is 13.6. The Labute approximate surface area is 114 Å². The molecule has 1 atom stereocenters. The maximum absolute atomic E-state index is 12.6. The van der Waals surface area contributed by atoms with Gasteiger partial charge in [-0.3, -0.25) is 4.79 Å². The normalized spacial score (nSPS) is 12.6. The third-order valence-corrected chi connectivity index (χ3v) is 3.41. The Balaban J connectivity index is 2.19. The van der Waals surface area contributed by atoms with Crippen LogP contribution in [0.5, 0.6) is 0 Å². The van der Waals surface area contributed by atoms with Gasteiger partial charge in [-0.05, 0) is 11.6 Å². The van der Waals surface area contributed by atoms with E-state index in [0.717, 1.165) is 16.9 Å².